The number of hydrogen-bond acceptors (Lipinski definition) is 11. The van der Waals surface area contributed by atoms with Gasteiger partial charge in [0, 0.05) is 11.5 Å². The SMILES string of the molecule is COc1ccc(NC(=O)Nc2nc(C(=O)O)c(S(=O)(=O)c3nn[nH]n3)s2)c(C(=O)C2CCCC2)c1. The van der Waals surface area contributed by atoms with Gasteiger partial charge in [0.25, 0.3) is 15.0 Å². The summed E-state index contributed by atoms with van der Waals surface area (Å²) in [6, 6.07) is 3.77. The van der Waals surface area contributed by atoms with Crippen molar-refractivity contribution in [3.05, 3.63) is 29.5 Å². The number of aromatic carboxylic acids is 1. The second-order valence-electron chi connectivity index (χ2n) is 7.49. The molecule has 16 heteroatoms. The summed E-state index contributed by atoms with van der Waals surface area (Å²) in [6.45, 7) is 0. The summed E-state index contributed by atoms with van der Waals surface area (Å²) in [4.78, 5) is 41.0. The number of aromatic nitrogens is 5. The number of nitrogens with zero attached hydrogens (tertiary/aromatic N) is 4. The molecule has 3 aromatic rings. The van der Waals surface area contributed by atoms with Crippen LogP contribution < -0.4 is 15.4 Å². The Morgan fingerprint density at radius 3 is 2.57 bits per heavy atom. The number of thiazole rings is 1. The molecule has 2 amide bonds. The third kappa shape index (κ3) is 4.97. The molecule has 1 saturated carbocycles. The summed E-state index contributed by atoms with van der Waals surface area (Å²) in [6.07, 6.45) is 3.43. The number of H-pyrrole nitrogens is 1. The second kappa shape index (κ2) is 9.75. The third-order valence-corrected chi connectivity index (χ3v) is 8.30. The molecule has 1 aliphatic rings. The summed E-state index contributed by atoms with van der Waals surface area (Å²) in [5, 5.41) is 25.1. The maximum absolute atomic E-state index is 13.0. The average molecular weight is 522 g/mol. The Bertz CT molecular complexity index is 1380. The van der Waals surface area contributed by atoms with Gasteiger partial charge in [-0.2, -0.15) is 5.21 Å². The van der Waals surface area contributed by atoms with Gasteiger partial charge in [0.2, 0.25) is 0 Å². The largest absolute Gasteiger partial charge is 0.497 e. The van der Waals surface area contributed by atoms with Crippen LogP contribution in [0.15, 0.2) is 27.6 Å². The van der Waals surface area contributed by atoms with E-state index in [9.17, 15) is 27.9 Å². The fraction of sp³-hybridized carbons (Fsp3) is 0.316. The first-order chi connectivity index (χ1) is 16.7. The number of carbonyl (C=O) groups excluding carboxylic acids is 2. The monoisotopic (exact) mass is 521 g/mol. The number of Topliss-reactive ketones (excluding diaryl/α,β-unsaturated/α-hetero) is 1. The minimum Gasteiger partial charge on any atom is -0.497 e. The van der Waals surface area contributed by atoms with Crippen LogP contribution in [0.2, 0.25) is 0 Å². The number of hydrogen-bond donors (Lipinski definition) is 4. The van der Waals surface area contributed by atoms with E-state index in [0.29, 0.717) is 17.1 Å². The van der Waals surface area contributed by atoms with Gasteiger partial charge in [0.15, 0.2) is 20.8 Å². The van der Waals surface area contributed by atoms with Crippen molar-refractivity contribution in [2.75, 3.05) is 17.7 Å². The quantitative estimate of drug-likeness (QED) is 0.316. The Labute approximate surface area is 202 Å². The van der Waals surface area contributed by atoms with Crippen molar-refractivity contribution in [2.45, 2.75) is 35.0 Å². The smallest absolute Gasteiger partial charge is 0.356 e. The number of methoxy groups -OCH3 is 1. The highest BCUT2D eigenvalue weighted by atomic mass is 32.2. The average Bonchev–Trinajstić information content (AvgIpc) is 3.60. The molecule has 4 N–H and O–H groups in total. The molecule has 0 saturated heterocycles. The molecule has 0 radical (unpaired) electrons. The predicted molar refractivity (Wildman–Crippen MR) is 121 cm³/mol. The lowest BCUT2D eigenvalue weighted by atomic mass is 9.95. The van der Waals surface area contributed by atoms with E-state index in [-0.39, 0.29) is 28.1 Å². The highest BCUT2D eigenvalue weighted by molar-refractivity contribution is 7.93. The van der Waals surface area contributed by atoms with Gasteiger partial charge < -0.3 is 15.2 Å². The zero-order chi connectivity index (χ0) is 25.2. The normalized spacial score (nSPS) is 14.0. The van der Waals surface area contributed by atoms with Crippen molar-refractivity contribution >= 4 is 49.8 Å². The second-order valence-corrected chi connectivity index (χ2v) is 10.5. The number of carboxylic acids is 1. The van der Waals surface area contributed by atoms with Crippen molar-refractivity contribution in [3.63, 3.8) is 0 Å². The molecule has 0 bridgehead atoms. The van der Waals surface area contributed by atoms with Gasteiger partial charge in [-0.1, -0.05) is 29.3 Å². The number of urea groups is 1. The number of tetrazole rings is 1. The zero-order valence-corrected chi connectivity index (χ0v) is 19.8. The first-order valence-electron chi connectivity index (χ1n) is 10.2. The van der Waals surface area contributed by atoms with Crippen LogP contribution in [-0.2, 0) is 9.84 Å². The number of ketones is 1. The number of aromatic amines is 1. The summed E-state index contributed by atoms with van der Waals surface area (Å²) >= 11 is 0.408. The number of carboxylic acid groups (broad SMARTS) is 1. The molecule has 0 unspecified atom stereocenters. The number of sulfone groups is 1. The number of carbonyl (C=O) groups is 3. The highest BCUT2D eigenvalue weighted by Crippen LogP contribution is 2.33. The molecule has 35 heavy (non-hydrogen) atoms. The van der Waals surface area contributed by atoms with Crippen LogP contribution in [-0.4, -0.2) is 64.0 Å². The van der Waals surface area contributed by atoms with E-state index >= 15 is 0 Å². The molecular weight excluding hydrogens is 502 g/mol. The van der Waals surface area contributed by atoms with Gasteiger partial charge in [0.1, 0.15) is 5.75 Å². The molecule has 1 aliphatic carbocycles. The van der Waals surface area contributed by atoms with Crippen LogP contribution >= 0.6 is 11.3 Å². The maximum atomic E-state index is 13.0. The fourth-order valence-electron chi connectivity index (χ4n) is 3.65. The number of ether oxygens (including phenoxy) is 1. The first-order valence-corrected chi connectivity index (χ1v) is 12.5. The molecule has 0 atom stereocenters. The van der Waals surface area contributed by atoms with Gasteiger partial charge >= 0.3 is 12.0 Å². The lowest BCUT2D eigenvalue weighted by Crippen LogP contribution is -2.22. The molecule has 2 aromatic heterocycles. The summed E-state index contributed by atoms with van der Waals surface area (Å²) < 4.78 is 29.8. The topological polar surface area (TPSA) is 206 Å². The van der Waals surface area contributed by atoms with Crippen LogP contribution in [0, 0.1) is 5.92 Å². The molecule has 2 heterocycles. The highest BCUT2D eigenvalue weighted by Gasteiger charge is 2.33. The van der Waals surface area contributed by atoms with E-state index in [2.05, 4.69) is 31.0 Å². The van der Waals surface area contributed by atoms with E-state index in [1.165, 1.54) is 19.2 Å². The summed E-state index contributed by atoms with van der Waals surface area (Å²) in [7, 11) is -2.99. The minimum absolute atomic E-state index is 0.118. The molecule has 0 spiro atoms. The van der Waals surface area contributed by atoms with Gasteiger partial charge in [-0.05, 0) is 36.3 Å². The third-order valence-electron chi connectivity index (χ3n) is 5.30. The van der Waals surface area contributed by atoms with E-state index in [1.807, 2.05) is 5.21 Å². The predicted octanol–water partition coefficient (Wildman–Crippen LogP) is 2.21. The molecule has 184 valence electrons. The molecule has 14 nitrogen and oxygen atoms in total. The van der Waals surface area contributed by atoms with Gasteiger partial charge in [-0.3, -0.25) is 10.1 Å². The van der Waals surface area contributed by atoms with Crippen LogP contribution in [0.25, 0.3) is 0 Å². The van der Waals surface area contributed by atoms with Crippen molar-refractivity contribution in [1.82, 2.24) is 25.6 Å². The fourth-order valence-corrected chi connectivity index (χ4v) is 6.10. The lowest BCUT2D eigenvalue weighted by Gasteiger charge is -2.15. The van der Waals surface area contributed by atoms with E-state index in [4.69, 9.17) is 4.74 Å². The Morgan fingerprint density at radius 2 is 1.94 bits per heavy atom. The Kier molecular flexibility index (Phi) is 6.74. The zero-order valence-electron chi connectivity index (χ0n) is 18.1. The molecular formula is C19H19N7O7S2. The van der Waals surface area contributed by atoms with Crippen LogP contribution in [0.5, 0.6) is 5.75 Å². The Hall–Kier alpha value is -3.92. The number of anilines is 2. The number of amides is 2. The number of benzene rings is 1. The molecule has 1 aromatic carbocycles. The van der Waals surface area contributed by atoms with E-state index < -0.39 is 36.9 Å². The Morgan fingerprint density at radius 1 is 1.20 bits per heavy atom. The van der Waals surface area contributed by atoms with Crippen LogP contribution in [0.4, 0.5) is 15.6 Å². The lowest BCUT2D eigenvalue weighted by molar-refractivity contribution is 0.0687. The van der Waals surface area contributed by atoms with Crippen molar-refractivity contribution in [3.8, 4) is 5.75 Å². The van der Waals surface area contributed by atoms with E-state index in [1.54, 1.807) is 6.07 Å². The first kappa shape index (κ1) is 24.2. The molecule has 0 aliphatic heterocycles. The standard InChI is InChI=1S/C19H19N7O7S2/c1-33-10-6-7-12(11(8-10)14(27)9-4-2-3-5-9)20-17(30)22-18-21-13(15(28)29)16(34-18)35(31,32)19-23-25-26-24-19/h6-9H,2-5H2,1H3,(H,28,29)(H2,20,21,22,30)(H,23,24,25,26). The van der Waals surface area contributed by atoms with Crippen molar-refractivity contribution in [2.24, 2.45) is 5.92 Å². The van der Waals surface area contributed by atoms with Crippen LogP contribution in [0.3, 0.4) is 0 Å². The summed E-state index contributed by atoms with van der Waals surface area (Å²) in [5.74, 6) is -1.45. The van der Waals surface area contributed by atoms with Gasteiger partial charge in [0.05, 0.1) is 12.8 Å². The van der Waals surface area contributed by atoms with E-state index in [0.717, 1.165) is 25.7 Å². The van der Waals surface area contributed by atoms with Gasteiger partial charge in [-0.25, -0.2) is 23.0 Å². The van der Waals surface area contributed by atoms with Crippen molar-refractivity contribution < 1.29 is 32.6 Å². The van der Waals surface area contributed by atoms with Crippen LogP contribution in [0.1, 0.15) is 46.5 Å². The van der Waals surface area contributed by atoms with Crippen molar-refractivity contribution in [1.29, 1.82) is 0 Å². The Balaban J connectivity index is 1.59. The molecule has 1 fully saturated rings. The molecule has 4 rings (SSSR count). The number of rotatable bonds is 8. The van der Waals surface area contributed by atoms with Gasteiger partial charge in [-0.15, -0.1) is 5.10 Å². The summed E-state index contributed by atoms with van der Waals surface area (Å²) in [5.41, 5.74) is -0.316. The number of nitrogens with one attached hydrogen (secondary N) is 3. The minimum atomic E-state index is -4.45. The maximum Gasteiger partial charge on any atom is 0.356 e.